The van der Waals surface area contributed by atoms with Gasteiger partial charge in [-0.2, -0.15) is 0 Å². The average molecular weight is 338 g/mol. The highest BCUT2D eigenvalue weighted by Crippen LogP contribution is 2.29. The van der Waals surface area contributed by atoms with Gasteiger partial charge >= 0.3 is 0 Å². The molecule has 0 fully saturated rings. The molecule has 0 radical (unpaired) electrons. The lowest BCUT2D eigenvalue weighted by Gasteiger charge is -2.20. The van der Waals surface area contributed by atoms with Crippen LogP contribution in [0.25, 0.3) is 0 Å². The van der Waals surface area contributed by atoms with Crippen LogP contribution in [0.15, 0.2) is 55.1 Å². The van der Waals surface area contributed by atoms with Crippen LogP contribution in [0.5, 0.6) is 11.5 Å². The molecule has 6 heteroatoms. The van der Waals surface area contributed by atoms with Crippen molar-refractivity contribution in [3.63, 3.8) is 0 Å². The molecule has 0 spiro atoms. The lowest BCUT2D eigenvalue weighted by Crippen LogP contribution is -2.25. The number of pyridine rings is 1. The zero-order valence-corrected chi connectivity index (χ0v) is 14.6. The molecule has 6 nitrogen and oxygen atoms in total. The van der Waals surface area contributed by atoms with E-state index < -0.39 is 0 Å². The van der Waals surface area contributed by atoms with Crippen molar-refractivity contribution in [1.82, 2.24) is 19.9 Å². The summed E-state index contributed by atoms with van der Waals surface area (Å²) < 4.78 is 12.8. The molecular formula is C19H22N4O2. The van der Waals surface area contributed by atoms with Crippen LogP contribution in [0.4, 0.5) is 0 Å². The van der Waals surface area contributed by atoms with Gasteiger partial charge in [0.05, 0.1) is 20.3 Å². The summed E-state index contributed by atoms with van der Waals surface area (Å²) in [6, 6.07) is 9.76. The van der Waals surface area contributed by atoms with Crippen LogP contribution in [0.1, 0.15) is 23.0 Å². The second-order valence-corrected chi connectivity index (χ2v) is 5.71. The number of benzene rings is 1. The highest BCUT2D eigenvalue weighted by Gasteiger charge is 2.19. The summed E-state index contributed by atoms with van der Waals surface area (Å²) in [6.45, 7) is 0.694. The van der Waals surface area contributed by atoms with E-state index in [0.29, 0.717) is 6.54 Å². The predicted molar refractivity (Wildman–Crippen MR) is 95.7 cm³/mol. The van der Waals surface area contributed by atoms with Gasteiger partial charge in [-0.25, -0.2) is 4.98 Å². The molecule has 1 atom stereocenters. The molecule has 0 bridgehead atoms. The van der Waals surface area contributed by atoms with Crippen molar-refractivity contribution in [3.05, 3.63) is 72.1 Å². The highest BCUT2D eigenvalue weighted by molar-refractivity contribution is 5.41. The second-order valence-electron chi connectivity index (χ2n) is 5.71. The first-order valence-corrected chi connectivity index (χ1v) is 8.03. The number of nitrogens with zero attached hydrogens (tertiary/aromatic N) is 3. The summed E-state index contributed by atoms with van der Waals surface area (Å²) in [4.78, 5) is 8.58. The van der Waals surface area contributed by atoms with Gasteiger partial charge in [-0.05, 0) is 35.4 Å². The monoisotopic (exact) mass is 338 g/mol. The maximum atomic E-state index is 5.41. The van der Waals surface area contributed by atoms with Crippen LogP contribution < -0.4 is 14.8 Å². The van der Waals surface area contributed by atoms with Gasteiger partial charge in [0.25, 0.3) is 0 Å². The molecule has 130 valence electrons. The van der Waals surface area contributed by atoms with Gasteiger partial charge in [0.2, 0.25) is 0 Å². The van der Waals surface area contributed by atoms with E-state index in [2.05, 4.69) is 15.3 Å². The molecule has 2 aromatic heterocycles. The summed E-state index contributed by atoms with van der Waals surface area (Å²) in [5, 5.41) is 3.58. The first-order chi connectivity index (χ1) is 12.2. The summed E-state index contributed by atoms with van der Waals surface area (Å²) in [5.41, 5.74) is 2.18. The highest BCUT2D eigenvalue weighted by atomic mass is 16.5. The molecule has 1 N–H and O–H groups in total. The van der Waals surface area contributed by atoms with Gasteiger partial charge in [-0.15, -0.1) is 0 Å². The van der Waals surface area contributed by atoms with Gasteiger partial charge in [0, 0.05) is 44.4 Å². The molecule has 0 saturated heterocycles. The van der Waals surface area contributed by atoms with Gasteiger partial charge < -0.3 is 14.0 Å². The fourth-order valence-electron chi connectivity index (χ4n) is 2.73. The summed E-state index contributed by atoms with van der Waals surface area (Å²) in [7, 11) is 5.29. The average Bonchev–Trinajstić information content (AvgIpc) is 3.08. The number of methoxy groups -OCH3 is 2. The zero-order valence-electron chi connectivity index (χ0n) is 14.6. The molecule has 1 unspecified atom stereocenters. The number of nitrogens with one attached hydrogen (secondary N) is 1. The first kappa shape index (κ1) is 17.0. The molecule has 1 aromatic carbocycles. The predicted octanol–water partition coefficient (Wildman–Crippen LogP) is 2.71. The molecule has 0 saturated carbocycles. The van der Waals surface area contributed by atoms with E-state index in [1.165, 1.54) is 0 Å². The summed E-state index contributed by atoms with van der Waals surface area (Å²) >= 11 is 0. The molecule has 0 aliphatic carbocycles. The third kappa shape index (κ3) is 3.97. The van der Waals surface area contributed by atoms with E-state index in [1.54, 1.807) is 32.8 Å². The van der Waals surface area contributed by atoms with Crippen molar-refractivity contribution < 1.29 is 9.47 Å². The van der Waals surface area contributed by atoms with Crippen LogP contribution in [0, 0.1) is 0 Å². The van der Waals surface area contributed by atoms with Crippen LogP contribution in [-0.2, 0) is 13.6 Å². The zero-order chi connectivity index (χ0) is 17.6. The largest absolute Gasteiger partial charge is 0.497 e. The number of rotatable bonds is 7. The van der Waals surface area contributed by atoms with Crippen molar-refractivity contribution >= 4 is 0 Å². The Bertz CT molecular complexity index is 795. The van der Waals surface area contributed by atoms with Crippen LogP contribution in [0.2, 0.25) is 0 Å². The fraction of sp³-hybridized carbons (Fsp3) is 0.263. The number of aryl methyl sites for hydroxylation is 1. The molecule has 25 heavy (non-hydrogen) atoms. The van der Waals surface area contributed by atoms with E-state index >= 15 is 0 Å². The van der Waals surface area contributed by atoms with Gasteiger partial charge in [-0.3, -0.25) is 10.3 Å². The Morgan fingerprint density at radius 2 is 1.72 bits per heavy atom. The number of hydrogen-bond acceptors (Lipinski definition) is 5. The molecule has 0 aliphatic rings. The van der Waals surface area contributed by atoms with Crippen molar-refractivity contribution in [2.24, 2.45) is 7.05 Å². The number of hydrogen-bond donors (Lipinski definition) is 1. The molecule has 2 heterocycles. The molecule has 0 aliphatic heterocycles. The lowest BCUT2D eigenvalue weighted by molar-refractivity contribution is 0.392. The van der Waals surface area contributed by atoms with Crippen molar-refractivity contribution in [1.29, 1.82) is 0 Å². The Labute approximate surface area is 147 Å². The Kier molecular flexibility index (Phi) is 5.30. The Morgan fingerprint density at radius 3 is 2.28 bits per heavy atom. The quantitative estimate of drug-likeness (QED) is 0.718. The second kappa shape index (κ2) is 7.81. The molecule has 3 rings (SSSR count). The smallest absolute Gasteiger partial charge is 0.130 e. The number of imidazole rings is 1. The standard InChI is InChI=1S/C19H22N4O2/c1-23-9-8-21-19(23)18(22-13-14-4-6-20-7-5-14)15-10-16(24-2)12-17(11-15)25-3/h4-12,18,22H,13H2,1-3H3. The van der Waals surface area contributed by atoms with Crippen LogP contribution in [-0.4, -0.2) is 28.8 Å². The normalized spacial score (nSPS) is 12.0. The minimum absolute atomic E-state index is 0.0998. The Morgan fingerprint density at radius 1 is 1.04 bits per heavy atom. The van der Waals surface area contributed by atoms with E-state index in [-0.39, 0.29) is 6.04 Å². The Balaban J connectivity index is 1.95. The van der Waals surface area contributed by atoms with E-state index in [9.17, 15) is 0 Å². The molecular weight excluding hydrogens is 316 g/mol. The molecule has 3 aromatic rings. The van der Waals surface area contributed by atoms with E-state index in [0.717, 1.165) is 28.5 Å². The fourth-order valence-corrected chi connectivity index (χ4v) is 2.73. The van der Waals surface area contributed by atoms with Crippen LogP contribution in [0.3, 0.4) is 0 Å². The van der Waals surface area contributed by atoms with E-state index in [4.69, 9.17) is 9.47 Å². The Hall–Kier alpha value is -2.86. The SMILES string of the molecule is COc1cc(OC)cc(C(NCc2ccncc2)c2nccn2C)c1. The molecule has 0 amide bonds. The van der Waals surface area contributed by atoms with Crippen molar-refractivity contribution in [2.45, 2.75) is 12.6 Å². The number of ether oxygens (including phenoxy) is 2. The van der Waals surface area contributed by atoms with Crippen molar-refractivity contribution in [3.8, 4) is 11.5 Å². The third-order valence-corrected chi connectivity index (χ3v) is 4.08. The summed E-state index contributed by atoms with van der Waals surface area (Å²) in [6.07, 6.45) is 7.32. The lowest BCUT2D eigenvalue weighted by atomic mass is 10.0. The van der Waals surface area contributed by atoms with Gasteiger partial charge in [-0.1, -0.05) is 0 Å². The maximum absolute atomic E-state index is 5.41. The van der Waals surface area contributed by atoms with Crippen LogP contribution >= 0.6 is 0 Å². The minimum Gasteiger partial charge on any atom is -0.497 e. The first-order valence-electron chi connectivity index (χ1n) is 8.03. The third-order valence-electron chi connectivity index (χ3n) is 4.08. The van der Waals surface area contributed by atoms with Gasteiger partial charge in [0.15, 0.2) is 0 Å². The maximum Gasteiger partial charge on any atom is 0.130 e. The van der Waals surface area contributed by atoms with Crippen molar-refractivity contribution in [2.75, 3.05) is 14.2 Å². The van der Waals surface area contributed by atoms with Gasteiger partial charge in [0.1, 0.15) is 17.3 Å². The number of aromatic nitrogens is 3. The summed E-state index contributed by atoms with van der Waals surface area (Å²) in [5.74, 6) is 2.42. The van der Waals surface area contributed by atoms with E-state index in [1.807, 2.05) is 48.1 Å². The topological polar surface area (TPSA) is 61.2 Å². The minimum atomic E-state index is -0.0998.